The number of ether oxygens (including phenoxy) is 1. The standard InChI is InChI=1S/C22H20O4S/c23-22(15-18-7-3-1-4-8-18)26-16-19-11-13-21(14-12-19)27(24,25)17-20-9-5-2-6-10-20/h1-14H,15-17H2. The third-order valence-corrected chi connectivity index (χ3v) is 5.78. The van der Waals surface area contributed by atoms with Crippen LogP contribution in [0.2, 0.25) is 0 Å². The van der Waals surface area contributed by atoms with Crippen molar-refractivity contribution in [3.63, 3.8) is 0 Å². The van der Waals surface area contributed by atoms with Crippen molar-refractivity contribution in [2.45, 2.75) is 23.7 Å². The molecule has 0 radical (unpaired) electrons. The topological polar surface area (TPSA) is 60.4 Å². The molecule has 0 saturated heterocycles. The maximum Gasteiger partial charge on any atom is 0.310 e. The lowest BCUT2D eigenvalue weighted by Gasteiger charge is -2.08. The highest BCUT2D eigenvalue weighted by Gasteiger charge is 2.15. The molecule has 3 aromatic rings. The first-order chi connectivity index (χ1) is 13.0. The van der Waals surface area contributed by atoms with Gasteiger partial charge in [-0.05, 0) is 28.8 Å². The van der Waals surface area contributed by atoms with Crippen LogP contribution in [0.25, 0.3) is 0 Å². The minimum Gasteiger partial charge on any atom is -0.461 e. The molecule has 0 spiro atoms. The lowest BCUT2D eigenvalue weighted by molar-refractivity contribution is -0.144. The zero-order chi connectivity index (χ0) is 19.1. The Morgan fingerprint density at radius 2 is 1.26 bits per heavy atom. The molecule has 0 unspecified atom stereocenters. The molecule has 0 aromatic heterocycles. The molecule has 3 rings (SSSR count). The SMILES string of the molecule is O=C(Cc1ccccc1)OCc1ccc(S(=O)(=O)Cc2ccccc2)cc1. The van der Waals surface area contributed by atoms with Crippen molar-refractivity contribution in [2.24, 2.45) is 0 Å². The average molecular weight is 380 g/mol. The fraction of sp³-hybridized carbons (Fsp3) is 0.136. The third kappa shape index (κ3) is 5.53. The first kappa shape index (κ1) is 18.9. The van der Waals surface area contributed by atoms with Crippen molar-refractivity contribution in [3.8, 4) is 0 Å². The molecule has 0 aliphatic rings. The van der Waals surface area contributed by atoms with Crippen LogP contribution in [0.1, 0.15) is 16.7 Å². The summed E-state index contributed by atoms with van der Waals surface area (Å²) in [6, 6.07) is 24.9. The van der Waals surface area contributed by atoms with Gasteiger partial charge in [0.05, 0.1) is 17.1 Å². The van der Waals surface area contributed by atoms with E-state index in [0.717, 1.165) is 16.7 Å². The van der Waals surface area contributed by atoms with Gasteiger partial charge < -0.3 is 4.74 Å². The Balaban J connectivity index is 1.57. The van der Waals surface area contributed by atoms with Gasteiger partial charge in [-0.25, -0.2) is 8.42 Å². The van der Waals surface area contributed by atoms with E-state index < -0.39 is 9.84 Å². The van der Waals surface area contributed by atoms with Crippen molar-refractivity contribution in [1.82, 2.24) is 0 Å². The van der Waals surface area contributed by atoms with E-state index in [1.165, 1.54) is 0 Å². The van der Waals surface area contributed by atoms with Crippen LogP contribution in [0.3, 0.4) is 0 Å². The van der Waals surface area contributed by atoms with Crippen molar-refractivity contribution >= 4 is 15.8 Å². The van der Waals surface area contributed by atoms with Gasteiger partial charge in [0.15, 0.2) is 9.84 Å². The molecule has 3 aromatic carbocycles. The number of esters is 1. The molecule has 0 atom stereocenters. The van der Waals surface area contributed by atoms with Gasteiger partial charge in [-0.3, -0.25) is 4.79 Å². The second-order valence-electron chi connectivity index (χ2n) is 6.21. The molecule has 0 N–H and O–H groups in total. The molecule has 0 amide bonds. The van der Waals surface area contributed by atoms with Crippen LogP contribution < -0.4 is 0 Å². The van der Waals surface area contributed by atoms with Crippen LogP contribution in [-0.4, -0.2) is 14.4 Å². The Morgan fingerprint density at radius 1 is 0.704 bits per heavy atom. The summed E-state index contributed by atoms with van der Waals surface area (Å²) in [5, 5.41) is 0. The number of sulfone groups is 1. The van der Waals surface area contributed by atoms with E-state index in [0.29, 0.717) is 0 Å². The normalized spacial score (nSPS) is 11.1. The highest BCUT2D eigenvalue weighted by atomic mass is 32.2. The number of carbonyl (C=O) groups is 1. The maximum atomic E-state index is 12.5. The molecule has 4 nitrogen and oxygen atoms in total. The molecule has 5 heteroatoms. The summed E-state index contributed by atoms with van der Waals surface area (Å²) < 4.78 is 30.3. The van der Waals surface area contributed by atoms with Crippen LogP contribution in [0.4, 0.5) is 0 Å². The van der Waals surface area contributed by atoms with Gasteiger partial charge in [0.25, 0.3) is 0 Å². The molecule has 0 saturated carbocycles. The zero-order valence-electron chi connectivity index (χ0n) is 14.7. The predicted octanol–water partition coefficient (Wildman–Crippen LogP) is 3.95. The van der Waals surface area contributed by atoms with Gasteiger partial charge in [-0.2, -0.15) is 0 Å². The largest absolute Gasteiger partial charge is 0.461 e. The monoisotopic (exact) mass is 380 g/mol. The van der Waals surface area contributed by atoms with Crippen LogP contribution in [0, 0.1) is 0 Å². The van der Waals surface area contributed by atoms with Crippen LogP contribution in [-0.2, 0) is 38.1 Å². The van der Waals surface area contributed by atoms with Crippen molar-refractivity contribution in [3.05, 3.63) is 102 Å². The number of carbonyl (C=O) groups excluding carboxylic acids is 1. The van der Waals surface area contributed by atoms with Gasteiger partial charge in [0, 0.05) is 0 Å². The predicted molar refractivity (Wildman–Crippen MR) is 104 cm³/mol. The van der Waals surface area contributed by atoms with E-state index in [1.54, 1.807) is 36.4 Å². The van der Waals surface area contributed by atoms with E-state index in [2.05, 4.69) is 0 Å². The number of hydrogen-bond acceptors (Lipinski definition) is 4. The highest BCUT2D eigenvalue weighted by molar-refractivity contribution is 7.90. The molecular formula is C22H20O4S. The van der Waals surface area contributed by atoms with E-state index in [1.807, 2.05) is 48.5 Å². The van der Waals surface area contributed by atoms with E-state index in [-0.39, 0.29) is 29.6 Å². The number of benzene rings is 3. The Labute approximate surface area is 159 Å². The quantitative estimate of drug-likeness (QED) is 0.583. The second-order valence-corrected chi connectivity index (χ2v) is 8.20. The Morgan fingerprint density at radius 3 is 1.85 bits per heavy atom. The second kappa shape index (κ2) is 8.64. The molecule has 0 heterocycles. The lowest BCUT2D eigenvalue weighted by atomic mass is 10.1. The van der Waals surface area contributed by atoms with Gasteiger partial charge in [0.1, 0.15) is 6.61 Å². The maximum absolute atomic E-state index is 12.5. The zero-order valence-corrected chi connectivity index (χ0v) is 15.6. The molecular weight excluding hydrogens is 360 g/mol. The van der Waals surface area contributed by atoms with Gasteiger partial charge in [0.2, 0.25) is 0 Å². The lowest BCUT2D eigenvalue weighted by Crippen LogP contribution is -2.08. The number of rotatable bonds is 7. The first-order valence-electron chi connectivity index (χ1n) is 8.58. The van der Waals surface area contributed by atoms with Crippen molar-refractivity contribution in [2.75, 3.05) is 0 Å². The summed E-state index contributed by atoms with van der Waals surface area (Å²) in [5.41, 5.74) is 2.39. The smallest absolute Gasteiger partial charge is 0.310 e. The summed E-state index contributed by atoms with van der Waals surface area (Å²) in [5.74, 6) is -0.360. The van der Waals surface area contributed by atoms with E-state index >= 15 is 0 Å². The molecule has 0 aliphatic carbocycles. The summed E-state index contributed by atoms with van der Waals surface area (Å²) in [6.45, 7) is 0.116. The molecule has 138 valence electrons. The van der Waals surface area contributed by atoms with Gasteiger partial charge >= 0.3 is 5.97 Å². The Kier molecular flexibility index (Phi) is 6.04. The van der Waals surface area contributed by atoms with Crippen LogP contribution in [0.15, 0.2) is 89.8 Å². The minimum absolute atomic E-state index is 0.0424. The van der Waals surface area contributed by atoms with Crippen LogP contribution >= 0.6 is 0 Å². The average Bonchev–Trinajstić information content (AvgIpc) is 2.68. The fourth-order valence-electron chi connectivity index (χ4n) is 2.65. The third-order valence-electron chi connectivity index (χ3n) is 4.07. The van der Waals surface area contributed by atoms with Crippen molar-refractivity contribution in [1.29, 1.82) is 0 Å². The minimum atomic E-state index is -3.41. The van der Waals surface area contributed by atoms with Crippen LogP contribution in [0.5, 0.6) is 0 Å². The fourth-order valence-corrected chi connectivity index (χ4v) is 4.00. The Bertz CT molecular complexity index is 980. The first-order valence-corrected chi connectivity index (χ1v) is 10.2. The van der Waals surface area contributed by atoms with Gasteiger partial charge in [-0.15, -0.1) is 0 Å². The number of hydrogen-bond donors (Lipinski definition) is 0. The Hall–Kier alpha value is -2.92. The molecule has 0 fully saturated rings. The molecule has 0 bridgehead atoms. The summed E-state index contributed by atoms with van der Waals surface area (Å²) in [7, 11) is -3.41. The molecule has 27 heavy (non-hydrogen) atoms. The van der Waals surface area contributed by atoms with E-state index in [9.17, 15) is 13.2 Å². The summed E-state index contributed by atoms with van der Waals surface area (Å²) >= 11 is 0. The van der Waals surface area contributed by atoms with Crippen molar-refractivity contribution < 1.29 is 17.9 Å². The summed E-state index contributed by atoms with van der Waals surface area (Å²) in [6.07, 6.45) is 0.213. The highest BCUT2D eigenvalue weighted by Crippen LogP contribution is 2.17. The van der Waals surface area contributed by atoms with E-state index in [4.69, 9.17) is 4.74 Å². The summed E-state index contributed by atoms with van der Waals surface area (Å²) in [4.78, 5) is 12.2. The molecule has 0 aliphatic heterocycles. The van der Waals surface area contributed by atoms with Gasteiger partial charge in [-0.1, -0.05) is 72.8 Å².